The van der Waals surface area contributed by atoms with Gasteiger partial charge in [-0.25, -0.2) is 28.8 Å². The van der Waals surface area contributed by atoms with Crippen molar-refractivity contribution in [1.29, 1.82) is 0 Å². The molecule has 4 aromatic rings. The van der Waals surface area contributed by atoms with Crippen LogP contribution in [0.3, 0.4) is 0 Å². The number of ether oxygens (including phenoxy) is 4. The van der Waals surface area contributed by atoms with Crippen LogP contribution in [0.2, 0.25) is 0 Å². The molecule has 0 bridgehead atoms. The summed E-state index contributed by atoms with van der Waals surface area (Å²) in [6.07, 6.45) is 3.06. The number of aromatic carboxylic acids is 4. The topological polar surface area (TPSA) is 220 Å². The zero-order valence-electron chi connectivity index (χ0n) is 32.9. The van der Waals surface area contributed by atoms with Gasteiger partial charge in [0.25, 0.3) is 0 Å². The van der Waals surface area contributed by atoms with Gasteiger partial charge in [0.15, 0.2) is 0 Å². The molecule has 0 spiro atoms. The van der Waals surface area contributed by atoms with Crippen molar-refractivity contribution in [2.45, 2.75) is 71.0 Å². The third-order valence-electron chi connectivity index (χ3n) is 9.25. The van der Waals surface area contributed by atoms with Crippen LogP contribution < -0.4 is 0 Å². The predicted molar refractivity (Wildman–Crippen MR) is 214 cm³/mol. The van der Waals surface area contributed by atoms with Gasteiger partial charge in [-0.1, -0.05) is 75.2 Å². The maximum Gasteiger partial charge on any atom is 0.339 e. The van der Waals surface area contributed by atoms with Crippen LogP contribution in [0.15, 0.2) is 84.9 Å². The third kappa shape index (κ3) is 13.9. The number of carboxylic acids is 4. The molecule has 0 radical (unpaired) electrons. The van der Waals surface area contributed by atoms with E-state index in [-0.39, 0.29) is 48.3 Å². The smallest absolute Gasteiger partial charge is 0.339 e. The van der Waals surface area contributed by atoms with Gasteiger partial charge >= 0.3 is 35.8 Å². The highest BCUT2D eigenvalue weighted by Crippen LogP contribution is 2.20. The summed E-state index contributed by atoms with van der Waals surface area (Å²) in [4.78, 5) is 72.8. The molecule has 0 aliphatic rings. The molecular weight excluding hydrogens is 764 g/mol. The Balaban J connectivity index is 1.42. The van der Waals surface area contributed by atoms with Crippen LogP contribution in [-0.2, 0) is 38.2 Å². The van der Waals surface area contributed by atoms with Crippen LogP contribution in [0.5, 0.6) is 0 Å². The fraction of sp³-hybridized carbons (Fsp3) is 0.333. The van der Waals surface area contributed by atoms with Crippen molar-refractivity contribution in [3.8, 4) is 0 Å². The summed E-state index contributed by atoms with van der Waals surface area (Å²) >= 11 is 0. The average molecular weight is 813 g/mol. The lowest BCUT2D eigenvalue weighted by Gasteiger charge is -2.19. The minimum Gasteiger partial charge on any atom is -0.478 e. The number of rotatable bonds is 24. The molecule has 0 saturated carbocycles. The van der Waals surface area contributed by atoms with Crippen molar-refractivity contribution in [2.24, 2.45) is 0 Å². The van der Waals surface area contributed by atoms with Gasteiger partial charge in [0.2, 0.25) is 0 Å². The fourth-order valence-electron chi connectivity index (χ4n) is 6.03. The van der Waals surface area contributed by atoms with E-state index in [9.17, 15) is 49.2 Å². The Morgan fingerprint density at radius 2 is 0.831 bits per heavy atom. The summed E-state index contributed by atoms with van der Waals surface area (Å²) in [5.74, 6) is -7.38. The first kappa shape index (κ1) is 45.3. The molecule has 0 saturated heterocycles. The van der Waals surface area contributed by atoms with E-state index in [1.807, 2.05) is 62.4 Å². The van der Waals surface area contributed by atoms with Crippen LogP contribution in [0, 0.1) is 0 Å². The number of carbonyl (C=O) groups excluding carboxylic acids is 2. The quantitative estimate of drug-likeness (QED) is 0.0405. The average Bonchev–Trinajstić information content (AvgIpc) is 3.21. The third-order valence-corrected chi connectivity index (χ3v) is 9.25. The molecular formula is C45H48O14. The molecule has 2 atom stereocenters. The zero-order chi connectivity index (χ0) is 42.9. The molecule has 4 N–H and O–H groups in total. The first-order valence-corrected chi connectivity index (χ1v) is 19.2. The Labute approximate surface area is 341 Å². The summed E-state index contributed by atoms with van der Waals surface area (Å²) in [5.41, 5.74) is 1.66. The number of carbonyl (C=O) groups is 6. The van der Waals surface area contributed by atoms with Gasteiger partial charge in [-0.05, 0) is 77.9 Å². The van der Waals surface area contributed by atoms with Crippen LogP contribution in [0.1, 0.15) is 124 Å². The second-order valence-corrected chi connectivity index (χ2v) is 13.9. The Morgan fingerprint density at radius 1 is 0.475 bits per heavy atom. The highest BCUT2D eigenvalue weighted by atomic mass is 16.6. The summed E-state index contributed by atoms with van der Waals surface area (Å²) in [5, 5.41) is 37.8. The first-order valence-electron chi connectivity index (χ1n) is 19.2. The molecule has 4 aromatic carbocycles. The van der Waals surface area contributed by atoms with E-state index < -0.39 is 59.2 Å². The SMILES string of the molecule is CCCCOCC(Cc1ccc(Cc2ccc(CC(COCCCC)OC(=O)c3ccc(C(=O)O)cc3C(=O)O)cc2)cc1)OC(=O)c1ccc(C(=O)O)cc1C(=O)O. The standard InChI is InChI=1S/C45H48O14/c1-3-5-19-56-26-34(58-44(54)36-17-15-32(40(46)47)24-38(36)42(50)51)22-30-11-7-28(8-12-30)21-29-9-13-31(14-10-29)23-35(27-57-20-6-4-2)59-45(55)37-18-16-33(41(48)49)25-39(37)43(52)53/h7-18,24-25,34-35H,3-6,19-23,26-27H2,1-2H3,(H,46,47)(H,48,49)(H,50,51)(H,52,53). The second kappa shape index (κ2) is 22.5. The van der Waals surface area contributed by atoms with Crippen molar-refractivity contribution < 1.29 is 68.1 Å². The minimum absolute atomic E-state index is 0.0731. The maximum atomic E-state index is 13.2. The molecule has 4 rings (SSSR count). The molecule has 0 heterocycles. The fourth-order valence-corrected chi connectivity index (χ4v) is 6.03. The minimum atomic E-state index is -1.46. The highest BCUT2D eigenvalue weighted by molar-refractivity contribution is 6.05. The van der Waals surface area contributed by atoms with E-state index >= 15 is 0 Å². The molecule has 312 valence electrons. The van der Waals surface area contributed by atoms with Crippen molar-refractivity contribution in [1.82, 2.24) is 0 Å². The molecule has 0 fully saturated rings. The number of hydrogen-bond acceptors (Lipinski definition) is 10. The van der Waals surface area contributed by atoms with Crippen molar-refractivity contribution in [3.05, 3.63) is 141 Å². The lowest BCUT2D eigenvalue weighted by molar-refractivity contribution is -0.00504. The second-order valence-electron chi connectivity index (χ2n) is 13.9. The van der Waals surface area contributed by atoms with Gasteiger partial charge < -0.3 is 39.4 Å². The van der Waals surface area contributed by atoms with Crippen LogP contribution in [0.4, 0.5) is 0 Å². The van der Waals surface area contributed by atoms with E-state index in [4.69, 9.17) is 18.9 Å². The number of hydrogen-bond donors (Lipinski definition) is 4. The molecule has 0 aromatic heterocycles. The van der Waals surface area contributed by atoms with E-state index in [2.05, 4.69) is 0 Å². The lowest BCUT2D eigenvalue weighted by Crippen LogP contribution is -2.27. The van der Waals surface area contributed by atoms with Crippen molar-refractivity contribution in [2.75, 3.05) is 26.4 Å². The molecule has 59 heavy (non-hydrogen) atoms. The molecule has 0 aliphatic heterocycles. The predicted octanol–water partition coefficient (Wildman–Crippen LogP) is 7.24. The summed E-state index contributed by atoms with van der Waals surface area (Å²) in [6.45, 7) is 5.08. The van der Waals surface area contributed by atoms with E-state index in [0.717, 1.165) is 84.3 Å². The summed E-state index contributed by atoms with van der Waals surface area (Å²) in [6, 6.07) is 21.8. The zero-order valence-corrected chi connectivity index (χ0v) is 32.9. The number of unbranched alkanes of at least 4 members (excludes halogenated alkanes) is 2. The van der Waals surface area contributed by atoms with Gasteiger partial charge in [-0.3, -0.25) is 0 Å². The van der Waals surface area contributed by atoms with Crippen molar-refractivity contribution in [3.63, 3.8) is 0 Å². The Bertz CT molecular complexity index is 1940. The summed E-state index contributed by atoms with van der Waals surface area (Å²) in [7, 11) is 0. The molecule has 2 unspecified atom stereocenters. The van der Waals surface area contributed by atoms with E-state index in [1.165, 1.54) is 0 Å². The highest BCUT2D eigenvalue weighted by Gasteiger charge is 2.25. The number of esters is 2. The van der Waals surface area contributed by atoms with E-state index in [0.29, 0.717) is 19.6 Å². The van der Waals surface area contributed by atoms with Gasteiger partial charge in [0.05, 0.1) is 46.6 Å². The van der Waals surface area contributed by atoms with E-state index in [1.54, 1.807) is 0 Å². The van der Waals surface area contributed by atoms with Crippen molar-refractivity contribution >= 4 is 35.8 Å². The Morgan fingerprint density at radius 3 is 1.15 bits per heavy atom. The molecule has 14 heteroatoms. The number of benzene rings is 4. The largest absolute Gasteiger partial charge is 0.478 e. The van der Waals surface area contributed by atoms with Gasteiger partial charge in [-0.2, -0.15) is 0 Å². The number of carboxylic acid groups (broad SMARTS) is 4. The van der Waals surface area contributed by atoms with Gasteiger partial charge in [0, 0.05) is 26.1 Å². The van der Waals surface area contributed by atoms with Gasteiger partial charge in [-0.15, -0.1) is 0 Å². The molecule has 14 nitrogen and oxygen atoms in total. The monoisotopic (exact) mass is 812 g/mol. The maximum absolute atomic E-state index is 13.2. The first-order chi connectivity index (χ1) is 28.3. The summed E-state index contributed by atoms with van der Waals surface area (Å²) < 4.78 is 23.0. The lowest BCUT2D eigenvalue weighted by atomic mass is 9.99. The Kier molecular flexibility index (Phi) is 17.3. The normalized spacial score (nSPS) is 12.0. The Hall–Kier alpha value is -6.38. The molecule has 0 amide bonds. The van der Waals surface area contributed by atoms with Crippen LogP contribution in [0.25, 0.3) is 0 Å². The molecule has 0 aliphatic carbocycles. The van der Waals surface area contributed by atoms with Gasteiger partial charge in [0.1, 0.15) is 12.2 Å². The van der Waals surface area contributed by atoms with Crippen LogP contribution in [-0.4, -0.2) is 94.9 Å². The van der Waals surface area contributed by atoms with Crippen LogP contribution >= 0.6 is 0 Å².